The number of nitrogens with zero attached hydrogens (tertiary/aromatic N) is 5. The maximum Gasteiger partial charge on any atom is 0.356 e. The van der Waals surface area contributed by atoms with Crippen LogP contribution in [-0.4, -0.2) is 42.6 Å². The lowest BCUT2D eigenvalue weighted by Crippen LogP contribution is -2.10. The molecule has 2 aromatic heterocycles. The Bertz CT molecular complexity index is 513. The van der Waals surface area contributed by atoms with Gasteiger partial charge in [0, 0.05) is 19.3 Å². The first-order valence-corrected chi connectivity index (χ1v) is 5.39. The second-order valence-electron chi connectivity index (χ2n) is 3.54. The van der Waals surface area contributed by atoms with Gasteiger partial charge in [-0.15, -0.1) is 5.10 Å². The van der Waals surface area contributed by atoms with E-state index in [-0.39, 0.29) is 5.69 Å². The number of anilines is 1. The third kappa shape index (κ3) is 3.24. The number of rotatable bonds is 6. The van der Waals surface area contributed by atoms with Gasteiger partial charge in [-0.25, -0.2) is 9.78 Å². The summed E-state index contributed by atoms with van der Waals surface area (Å²) < 4.78 is 1.72. The number of hydrogen-bond acceptors (Lipinski definition) is 6. The van der Waals surface area contributed by atoms with Crippen molar-refractivity contribution in [3.63, 3.8) is 0 Å². The number of aromatic nitrogens is 5. The van der Waals surface area contributed by atoms with Crippen molar-refractivity contribution in [3.8, 4) is 0 Å². The Balaban J connectivity index is 1.79. The molecule has 2 N–H and O–H groups in total. The van der Waals surface area contributed by atoms with Crippen LogP contribution in [-0.2, 0) is 6.54 Å². The van der Waals surface area contributed by atoms with Gasteiger partial charge in [0.2, 0.25) is 0 Å². The Morgan fingerprint density at radius 3 is 3.06 bits per heavy atom. The quantitative estimate of drug-likeness (QED) is 0.706. The van der Waals surface area contributed by atoms with E-state index in [0.29, 0.717) is 12.4 Å². The van der Waals surface area contributed by atoms with E-state index in [1.54, 1.807) is 17.1 Å². The smallest absolute Gasteiger partial charge is 0.356 e. The van der Waals surface area contributed by atoms with Crippen LogP contribution < -0.4 is 5.32 Å². The van der Waals surface area contributed by atoms with Crippen LogP contribution >= 0.6 is 0 Å². The minimum Gasteiger partial charge on any atom is -0.476 e. The molecule has 0 atom stereocenters. The molecular weight excluding hydrogens is 236 g/mol. The van der Waals surface area contributed by atoms with E-state index in [0.717, 1.165) is 13.0 Å². The number of carboxylic acid groups (broad SMARTS) is 1. The second kappa shape index (κ2) is 5.71. The van der Waals surface area contributed by atoms with Gasteiger partial charge in [0.1, 0.15) is 5.82 Å². The summed E-state index contributed by atoms with van der Waals surface area (Å²) in [7, 11) is 0. The Labute approximate surface area is 103 Å². The van der Waals surface area contributed by atoms with E-state index in [1.165, 1.54) is 12.4 Å². The molecule has 0 saturated heterocycles. The van der Waals surface area contributed by atoms with Crippen LogP contribution in [0.4, 0.5) is 5.82 Å². The molecule has 0 aromatic carbocycles. The van der Waals surface area contributed by atoms with Crippen molar-refractivity contribution in [3.05, 3.63) is 30.5 Å². The van der Waals surface area contributed by atoms with Gasteiger partial charge in [-0.2, -0.15) is 0 Å². The normalized spacial score (nSPS) is 10.2. The molecular formula is C10H12N6O2. The summed E-state index contributed by atoms with van der Waals surface area (Å²) in [6.45, 7) is 1.39. The van der Waals surface area contributed by atoms with E-state index in [9.17, 15) is 4.79 Å². The van der Waals surface area contributed by atoms with Crippen LogP contribution in [0.5, 0.6) is 0 Å². The van der Waals surface area contributed by atoms with Crippen LogP contribution in [0.1, 0.15) is 16.9 Å². The van der Waals surface area contributed by atoms with Gasteiger partial charge in [-0.1, -0.05) is 5.21 Å². The van der Waals surface area contributed by atoms with Gasteiger partial charge in [0.25, 0.3) is 0 Å². The van der Waals surface area contributed by atoms with Gasteiger partial charge >= 0.3 is 5.97 Å². The van der Waals surface area contributed by atoms with Crippen molar-refractivity contribution in [2.75, 3.05) is 11.9 Å². The predicted octanol–water partition coefficient (Wildman–Crippen LogP) is 0.268. The van der Waals surface area contributed by atoms with Gasteiger partial charge < -0.3 is 10.4 Å². The number of carboxylic acids is 1. The molecule has 18 heavy (non-hydrogen) atoms. The fourth-order valence-electron chi connectivity index (χ4n) is 1.36. The second-order valence-corrected chi connectivity index (χ2v) is 3.54. The van der Waals surface area contributed by atoms with Crippen LogP contribution in [0.25, 0.3) is 0 Å². The molecule has 0 fully saturated rings. The highest BCUT2D eigenvalue weighted by molar-refractivity contribution is 5.85. The molecule has 0 amide bonds. The zero-order chi connectivity index (χ0) is 12.8. The molecule has 2 rings (SSSR count). The third-order valence-corrected chi connectivity index (χ3v) is 2.20. The molecule has 8 nitrogen and oxygen atoms in total. The standard InChI is InChI=1S/C10H12N6O2/c17-10(18)8-6-11-7-9(14-8)12-2-1-4-16-5-3-13-15-16/h3,5-7H,1-2,4H2,(H,12,14)(H,17,18). The molecule has 94 valence electrons. The summed E-state index contributed by atoms with van der Waals surface area (Å²) in [5, 5.41) is 19.3. The Kier molecular flexibility index (Phi) is 3.79. The van der Waals surface area contributed by atoms with E-state index in [2.05, 4.69) is 25.6 Å². The minimum atomic E-state index is -1.09. The van der Waals surface area contributed by atoms with Crippen LogP contribution in [0, 0.1) is 0 Å². The number of hydrogen-bond donors (Lipinski definition) is 2. The highest BCUT2D eigenvalue weighted by Gasteiger charge is 2.05. The number of aromatic carboxylic acids is 1. The van der Waals surface area contributed by atoms with Crippen molar-refractivity contribution in [1.29, 1.82) is 0 Å². The topological polar surface area (TPSA) is 106 Å². The summed E-state index contributed by atoms with van der Waals surface area (Å²) in [5.41, 5.74) is -0.0729. The lowest BCUT2D eigenvalue weighted by atomic mass is 10.4. The van der Waals surface area contributed by atoms with Crippen LogP contribution in [0.2, 0.25) is 0 Å². The predicted molar refractivity (Wildman–Crippen MR) is 62.1 cm³/mol. The van der Waals surface area contributed by atoms with Gasteiger partial charge in [-0.3, -0.25) is 9.67 Å². The maximum atomic E-state index is 10.7. The molecule has 0 aliphatic carbocycles. The highest BCUT2D eigenvalue weighted by atomic mass is 16.4. The van der Waals surface area contributed by atoms with E-state index < -0.39 is 5.97 Å². The minimum absolute atomic E-state index is 0.0729. The summed E-state index contributed by atoms with van der Waals surface area (Å²) >= 11 is 0. The molecule has 0 saturated carbocycles. The van der Waals surface area contributed by atoms with Gasteiger partial charge in [0.05, 0.1) is 18.6 Å². The third-order valence-electron chi connectivity index (χ3n) is 2.20. The average Bonchev–Trinajstić information content (AvgIpc) is 2.88. The Morgan fingerprint density at radius 2 is 2.33 bits per heavy atom. The van der Waals surface area contributed by atoms with E-state index in [1.807, 2.05) is 0 Å². The number of aryl methyl sites for hydroxylation is 1. The number of carbonyl (C=O) groups is 1. The van der Waals surface area contributed by atoms with Crippen molar-refractivity contribution in [1.82, 2.24) is 25.0 Å². The van der Waals surface area contributed by atoms with Crippen molar-refractivity contribution in [2.24, 2.45) is 0 Å². The lowest BCUT2D eigenvalue weighted by molar-refractivity contribution is 0.0690. The SMILES string of the molecule is O=C(O)c1cncc(NCCCn2ccnn2)n1. The fraction of sp³-hybridized carbons (Fsp3) is 0.300. The van der Waals surface area contributed by atoms with Crippen LogP contribution in [0.3, 0.4) is 0 Å². The average molecular weight is 248 g/mol. The van der Waals surface area contributed by atoms with Gasteiger partial charge in [0.15, 0.2) is 5.69 Å². The van der Waals surface area contributed by atoms with Crippen molar-refractivity contribution < 1.29 is 9.90 Å². The van der Waals surface area contributed by atoms with Crippen molar-refractivity contribution >= 4 is 11.8 Å². The lowest BCUT2D eigenvalue weighted by Gasteiger charge is -2.05. The summed E-state index contributed by atoms with van der Waals surface area (Å²) in [6.07, 6.45) is 6.92. The molecule has 2 aromatic rings. The molecule has 8 heteroatoms. The monoisotopic (exact) mass is 248 g/mol. The Hall–Kier alpha value is -2.51. The molecule has 0 unspecified atom stereocenters. The fourth-order valence-corrected chi connectivity index (χ4v) is 1.36. The molecule has 2 heterocycles. The first kappa shape index (κ1) is 12.0. The maximum absolute atomic E-state index is 10.7. The number of nitrogens with one attached hydrogen (secondary N) is 1. The molecule has 0 aliphatic rings. The largest absolute Gasteiger partial charge is 0.476 e. The zero-order valence-corrected chi connectivity index (χ0v) is 9.52. The van der Waals surface area contributed by atoms with Crippen LogP contribution in [0.15, 0.2) is 24.8 Å². The summed E-state index contributed by atoms with van der Waals surface area (Å²) in [4.78, 5) is 18.4. The highest BCUT2D eigenvalue weighted by Crippen LogP contribution is 2.02. The van der Waals surface area contributed by atoms with E-state index >= 15 is 0 Å². The molecule has 0 spiro atoms. The first-order valence-electron chi connectivity index (χ1n) is 5.39. The van der Waals surface area contributed by atoms with Gasteiger partial charge in [-0.05, 0) is 6.42 Å². The molecule has 0 aliphatic heterocycles. The summed E-state index contributed by atoms with van der Waals surface area (Å²) in [6, 6.07) is 0. The Morgan fingerprint density at radius 1 is 1.44 bits per heavy atom. The van der Waals surface area contributed by atoms with E-state index in [4.69, 9.17) is 5.11 Å². The molecule has 0 bridgehead atoms. The zero-order valence-electron chi connectivity index (χ0n) is 9.52. The van der Waals surface area contributed by atoms with Crippen molar-refractivity contribution in [2.45, 2.75) is 13.0 Å². The first-order chi connectivity index (χ1) is 8.75. The summed E-state index contributed by atoms with van der Waals surface area (Å²) in [5.74, 6) is -0.637. The molecule has 0 radical (unpaired) electrons.